The second kappa shape index (κ2) is 9.57. The number of morpholine rings is 1. The van der Waals surface area contributed by atoms with Crippen molar-refractivity contribution in [3.63, 3.8) is 0 Å². The molecule has 7 heteroatoms. The number of rotatable bonds is 6. The van der Waals surface area contributed by atoms with E-state index in [9.17, 15) is 9.59 Å². The summed E-state index contributed by atoms with van der Waals surface area (Å²) in [5, 5.41) is 0.866. The van der Waals surface area contributed by atoms with Crippen LogP contribution in [0.5, 0.6) is 0 Å². The van der Waals surface area contributed by atoms with Gasteiger partial charge < -0.3 is 14.5 Å². The number of aromatic amines is 1. The van der Waals surface area contributed by atoms with E-state index in [0.717, 1.165) is 76.0 Å². The molecule has 0 spiro atoms. The molecule has 3 aliphatic rings. The van der Waals surface area contributed by atoms with Crippen LogP contribution in [-0.4, -0.2) is 78.3 Å². The first-order valence-electron chi connectivity index (χ1n) is 12.4. The lowest BCUT2D eigenvalue weighted by atomic mass is 9.99. The molecule has 0 aliphatic carbocycles. The molecule has 3 fully saturated rings. The number of ether oxygens (including phenoxy) is 2. The number of hydrogen-bond donors (Lipinski definition) is 1. The molecular formula is C26H35N3O4. The molecule has 0 amide bonds. The second-order valence-corrected chi connectivity index (χ2v) is 10.1. The minimum absolute atomic E-state index is 0.102. The Hall–Kier alpha value is -2.22. The summed E-state index contributed by atoms with van der Waals surface area (Å²) >= 11 is 0. The van der Waals surface area contributed by atoms with E-state index in [-0.39, 0.29) is 17.2 Å². The predicted octanol–water partition coefficient (Wildman–Crippen LogP) is 3.14. The Bertz CT molecular complexity index is 1050. The number of hydrogen-bond acceptors (Lipinski definition) is 6. The summed E-state index contributed by atoms with van der Waals surface area (Å²) in [5.74, 6) is -0.125. The minimum atomic E-state index is -0.501. The van der Waals surface area contributed by atoms with E-state index in [4.69, 9.17) is 9.47 Å². The lowest BCUT2D eigenvalue weighted by molar-refractivity contribution is -0.0122. The molecule has 2 unspecified atom stereocenters. The highest BCUT2D eigenvalue weighted by Crippen LogP contribution is 2.37. The third-order valence-corrected chi connectivity index (χ3v) is 7.65. The van der Waals surface area contributed by atoms with Gasteiger partial charge in [-0.3, -0.25) is 14.6 Å². The Kier molecular flexibility index (Phi) is 6.54. The van der Waals surface area contributed by atoms with Crippen molar-refractivity contribution in [2.24, 2.45) is 0 Å². The fraction of sp³-hybridized carbons (Fsp3) is 0.615. The van der Waals surface area contributed by atoms with Crippen LogP contribution in [0.3, 0.4) is 0 Å². The van der Waals surface area contributed by atoms with Gasteiger partial charge in [0.05, 0.1) is 13.2 Å². The summed E-state index contributed by atoms with van der Waals surface area (Å²) in [5.41, 5.74) is 1.64. The maximum absolute atomic E-state index is 13.0. The molecule has 2 bridgehead atoms. The van der Waals surface area contributed by atoms with Crippen LogP contribution in [0, 0.1) is 0 Å². The van der Waals surface area contributed by atoms with E-state index in [0.29, 0.717) is 18.0 Å². The van der Waals surface area contributed by atoms with Crippen LogP contribution < -0.4 is 5.56 Å². The standard InChI is InChI=1S/C26H35N3O4/c1-17(2)18-3-6-24-19(13-18)14-23(25(30)27-24)26(31)33-22-15-20-4-5-21(16-22)29(20)8-7-28-9-11-32-12-10-28/h3,6,13-14,17,20-22H,4-5,7-12,15-16H2,1-2H3,(H,27,30). The smallest absolute Gasteiger partial charge is 0.344 e. The topological polar surface area (TPSA) is 74.9 Å². The van der Waals surface area contributed by atoms with E-state index in [1.54, 1.807) is 6.07 Å². The Balaban J connectivity index is 1.23. The minimum Gasteiger partial charge on any atom is -0.459 e. The number of carbonyl (C=O) groups excluding carboxylic acids is 1. The molecule has 2 aromatic rings. The van der Waals surface area contributed by atoms with Gasteiger partial charge in [0, 0.05) is 56.6 Å². The first kappa shape index (κ1) is 22.6. The molecule has 1 aromatic carbocycles. The molecule has 3 aliphatic heterocycles. The number of fused-ring (bicyclic) bond motifs is 3. The fourth-order valence-corrected chi connectivity index (χ4v) is 5.72. The zero-order valence-electron chi connectivity index (χ0n) is 19.7. The fourth-order valence-electron chi connectivity index (χ4n) is 5.72. The highest BCUT2D eigenvalue weighted by molar-refractivity contribution is 5.93. The average Bonchev–Trinajstić information content (AvgIpc) is 3.05. The zero-order chi connectivity index (χ0) is 22.9. The molecule has 2 atom stereocenters. The second-order valence-electron chi connectivity index (χ2n) is 10.1. The number of H-pyrrole nitrogens is 1. The average molecular weight is 454 g/mol. The van der Waals surface area contributed by atoms with Gasteiger partial charge in [0.15, 0.2) is 0 Å². The van der Waals surface area contributed by atoms with Crippen LogP contribution in [0.1, 0.15) is 61.4 Å². The van der Waals surface area contributed by atoms with Crippen molar-refractivity contribution < 1.29 is 14.3 Å². The van der Waals surface area contributed by atoms with Gasteiger partial charge in [-0.15, -0.1) is 0 Å². The zero-order valence-corrected chi connectivity index (χ0v) is 19.7. The normalized spacial score (nSPS) is 26.2. The number of carbonyl (C=O) groups is 1. The van der Waals surface area contributed by atoms with E-state index in [2.05, 4.69) is 28.6 Å². The highest BCUT2D eigenvalue weighted by atomic mass is 16.5. The van der Waals surface area contributed by atoms with Gasteiger partial charge in [0.1, 0.15) is 11.7 Å². The van der Waals surface area contributed by atoms with Gasteiger partial charge in [0.2, 0.25) is 0 Å². The van der Waals surface area contributed by atoms with Crippen LogP contribution in [0.2, 0.25) is 0 Å². The van der Waals surface area contributed by atoms with Gasteiger partial charge in [-0.05, 0) is 47.9 Å². The Morgan fingerprint density at radius 3 is 2.55 bits per heavy atom. The van der Waals surface area contributed by atoms with Crippen molar-refractivity contribution in [2.45, 2.75) is 63.6 Å². The highest BCUT2D eigenvalue weighted by Gasteiger charge is 2.42. The number of pyridine rings is 1. The van der Waals surface area contributed by atoms with E-state index >= 15 is 0 Å². The molecule has 4 heterocycles. The van der Waals surface area contributed by atoms with Gasteiger partial charge in [-0.1, -0.05) is 19.9 Å². The number of piperidine rings is 1. The van der Waals surface area contributed by atoms with E-state index in [1.807, 2.05) is 18.2 Å². The maximum Gasteiger partial charge on any atom is 0.344 e. The van der Waals surface area contributed by atoms with Crippen molar-refractivity contribution in [2.75, 3.05) is 39.4 Å². The Labute approximate surface area is 195 Å². The van der Waals surface area contributed by atoms with Crippen LogP contribution in [0.15, 0.2) is 29.1 Å². The van der Waals surface area contributed by atoms with Crippen molar-refractivity contribution in [3.8, 4) is 0 Å². The van der Waals surface area contributed by atoms with Crippen molar-refractivity contribution in [1.29, 1.82) is 0 Å². The van der Waals surface area contributed by atoms with Crippen molar-refractivity contribution >= 4 is 16.9 Å². The Morgan fingerprint density at radius 2 is 1.85 bits per heavy atom. The van der Waals surface area contributed by atoms with Gasteiger partial charge in [-0.2, -0.15) is 0 Å². The number of nitrogens with one attached hydrogen (secondary N) is 1. The third-order valence-electron chi connectivity index (χ3n) is 7.65. The third kappa shape index (κ3) is 4.86. The summed E-state index contributed by atoms with van der Waals surface area (Å²) in [6, 6.07) is 8.58. The van der Waals surface area contributed by atoms with Crippen molar-refractivity contribution in [1.82, 2.24) is 14.8 Å². The van der Waals surface area contributed by atoms with Gasteiger partial charge >= 0.3 is 5.97 Å². The van der Waals surface area contributed by atoms with Crippen LogP contribution in [0.25, 0.3) is 10.9 Å². The van der Waals surface area contributed by atoms with Crippen molar-refractivity contribution in [3.05, 3.63) is 45.7 Å². The van der Waals surface area contributed by atoms with Gasteiger partial charge in [-0.25, -0.2) is 4.79 Å². The molecule has 1 aromatic heterocycles. The summed E-state index contributed by atoms with van der Waals surface area (Å²) in [4.78, 5) is 33.5. The van der Waals surface area contributed by atoms with E-state index in [1.165, 1.54) is 5.56 Å². The summed E-state index contributed by atoms with van der Waals surface area (Å²) < 4.78 is 11.3. The molecular weight excluding hydrogens is 418 g/mol. The van der Waals surface area contributed by atoms with Crippen LogP contribution in [-0.2, 0) is 9.47 Å². The quantitative estimate of drug-likeness (QED) is 0.678. The summed E-state index contributed by atoms with van der Waals surface area (Å²) in [7, 11) is 0. The lowest BCUT2D eigenvalue weighted by Gasteiger charge is -2.39. The SMILES string of the molecule is CC(C)c1ccc2[nH]c(=O)c(C(=O)OC3CC4CCC(C3)N4CCN3CCOCC3)cc2c1. The summed E-state index contributed by atoms with van der Waals surface area (Å²) in [6.07, 6.45) is 3.92. The largest absolute Gasteiger partial charge is 0.459 e. The lowest BCUT2D eigenvalue weighted by Crippen LogP contribution is -2.49. The molecule has 5 rings (SSSR count). The molecule has 7 nitrogen and oxygen atoms in total. The summed E-state index contributed by atoms with van der Waals surface area (Å²) in [6.45, 7) is 10.1. The van der Waals surface area contributed by atoms with Crippen LogP contribution >= 0.6 is 0 Å². The first-order valence-corrected chi connectivity index (χ1v) is 12.4. The van der Waals surface area contributed by atoms with Crippen LogP contribution in [0.4, 0.5) is 0 Å². The van der Waals surface area contributed by atoms with Gasteiger partial charge in [0.25, 0.3) is 5.56 Å². The predicted molar refractivity (Wildman–Crippen MR) is 128 cm³/mol. The molecule has 0 radical (unpaired) electrons. The van der Waals surface area contributed by atoms with E-state index < -0.39 is 5.97 Å². The molecule has 0 saturated carbocycles. The molecule has 178 valence electrons. The first-order chi connectivity index (χ1) is 16.0. The number of benzene rings is 1. The molecule has 3 saturated heterocycles. The monoisotopic (exact) mass is 453 g/mol. The molecule has 1 N–H and O–H groups in total. The number of nitrogens with zero attached hydrogens (tertiary/aromatic N) is 2. The Morgan fingerprint density at radius 1 is 1.12 bits per heavy atom. The number of aromatic nitrogens is 1. The molecule has 33 heavy (non-hydrogen) atoms. The maximum atomic E-state index is 13.0. The number of esters is 1.